The van der Waals surface area contributed by atoms with E-state index in [1.54, 1.807) is 0 Å². The van der Waals surface area contributed by atoms with Gasteiger partial charge in [0.15, 0.2) is 0 Å². The molecule has 10 aromatic rings. The number of para-hydroxylation sites is 2. The van der Waals surface area contributed by atoms with Gasteiger partial charge in [0.1, 0.15) is 22.3 Å². The highest BCUT2D eigenvalue weighted by Gasteiger charge is 2.20. The Kier molecular flexibility index (Phi) is 4.75. The second-order valence-corrected chi connectivity index (χ2v) is 11.6. The molecule has 2 heteroatoms. The van der Waals surface area contributed by atoms with Crippen LogP contribution in [-0.2, 0) is 0 Å². The van der Waals surface area contributed by atoms with Crippen molar-refractivity contribution in [1.29, 1.82) is 0 Å². The number of benzene rings is 8. The molecule has 8 aromatic carbocycles. The predicted octanol–water partition coefficient (Wildman–Crippen LogP) is 12.3. The van der Waals surface area contributed by atoms with Gasteiger partial charge >= 0.3 is 0 Å². The van der Waals surface area contributed by atoms with Crippen molar-refractivity contribution in [2.75, 3.05) is 0 Å². The summed E-state index contributed by atoms with van der Waals surface area (Å²) in [6, 6.07) is 51.9. The molecule has 2 nitrogen and oxygen atoms in total. The van der Waals surface area contributed by atoms with E-state index in [0.717, 1.165) is 55.0 Å². The molecular formula is C42H24O2. The molecule has 2 heterocycles. The second-order valence-electron chi connectivity index (χ2n) is 11.6. The van der Waals surface area contributed by atoms with Crippen molar-refractivity contribution in [2.45, 2.75) is 0 Å². The lowest BCUT2D eigenvalue weighted by atomic mass is 9.85. The molecule has 0 bridgehead atoms. The summed E-state index contributed by atoms with van der Waals surface area (Å²) in [5.41, 5.74) is 8.31. The van der Waals surface area contributed by atoms with Crippen LogP contribution in [0.3, 0.4) is 0 Å². The van der Waals surface area contributed by atoms with Crippen LogP contribution in [0.15, 0.2) is 154 Å². The monoisotopic (exact) mass is 560 g/mol. The molecule has 0 radical (unpaired) electrons. The van der Waals surface area contributed by atoms with Crippen LogP contribution in [0, 0.1) is 0 Å². The molecule has 10 rings (SSSR count). The van der Waals surface area contributed by atoms with Crippen LogP contribution in [0.5, 0.6) is 0 Å². The number of furan rings is 2. The second kappa shape index (κ2) is 8.82. The maximum Gasteiger partial charge on any atom is 0.143 e. The molecule has 0 atom stereocenters. The first-order valence-electron chi connectivity index (χ1n) is 15.0. The minimum atomic E-state index is 0.900. The molecule has 0 saturated heterocycles. The molecule has 44 heavy (non-hydrogen) atoms. The van der Waals surface area contributed by atoms with Gasteiger partial charge in [0.25, 0.3) is 0 Å². The highest BCUT2D eigenvalue weighted by molar-refractivity contribution is 6.24. The first kappa shape index (κ1) is 23.7. The van der Waals surface area contributed by atoms with E-state index in [-0.39, 0.29) is 0 Å². The van der Waals surface area contributed by atoms with E-state index < -0.39 is 0 Å². The minimum Gasteiger partial charge on any atom is -0.456 e. The number of hydrogen-bond acceptors (Lipinski definition) is 2. The molecule has 0 amide bonds. The van der Waals surface area contributed by atoms with E-state index in [0.29, 0.717) is 0 Å². The van der Waals surface area contributed by atoms with Crippen LogP contribution in [-0.4, -0.2) is 0 Å². The Balaban J connectivity index is 1.28. The molecule has 0 saturated carbocycles. The largest absolute Gasteiger partial charge is 0.456 e. The van der Waals surface area contributed by atoms with Crippen molar-refractivity contribution in [3.05, 3.63) is 146 Å². The third kappa shape index (κ3) is 3.25. The Morgan fingerprint density at radius 3 is 1.64 bits per heavy atom. The summed E-state index contributed by atoms with van der Waals surface area (Å²) in [5.74, 6) is 0. The molecule has 0 aliphatic heterocycles. The molecule has 0 fully saturated rings. The summed E-state index contributed by atoms with van der Waals surface area (Å²) in [6.45, 7) is 0. The fraction of sp³-hybridized carbons (Fsp3) is 0. The summed E-state index contributed by atoms with van der Waals surface area (Å²) in [7, 11) is 0. The molecule has 0 N–H and O–H groups in total. The number of fused-ring (bicyclic) bond motifs is 9. The molecule has 2 aromatic heterocycles. The fourth-order valence-corrected chi connectivity index (χ4v) is 7.29. The van der Waals surface area contributed by atoms with Crippen LogP contribution in [0.1, 0.15) is 0 Å². The topological polar surface area (TPSA) is 26.3 Å². The maximum absolute atomic E-state index is 6.54. The lowest BCUT2D eigenvalue weighted by Gasteiger charge is -2.17. The quantitative estimate of drug-likeness (QED) is 0.197. The van der Waals surface area contributed by atoms with Gasteiger partial charge in [-0.1, -0.05) is 115 Å². The lowest BCUT2D eigenvalue weighted by Crippen LogP contribution is -1.91. The Labute approximate surface area is 252 Å². The van der Waals surface area contributed by atoms with Gasteiger partial charge in [-0.2, -0.15) is 0 Å². The Morgan fingerprint density at radius 1 is 0.318 bits per heavy atom. The summed E-state index contributed by atoms with van der Waals surface area (Å²) in [5, 5.41) is 11.8. The van der Waals surface area contributed by atoms with Crippen LogP contribution in [0.4, 0.5) is 0 Å². The highest BCUT2D eigenvalue weighted by Crippen LogP contribution is 2.47. The van der Waals surface area contributed by atoms with E-state index in [2.05, 4.69) is 140 Å². The van der Waals surface area contributed by atoms with Crippen molar-refractivity contribution in [3.63, 3.8) is 0 Å². The van der Waals surface area contributed by atoms with Crippen LogP contribution >= 0.6 is 0 Å². The van der Waals surface area contributed by atoms with E-state index in [9.17, 15) is 0 Å². The number of rotatable bonds is 2. The summed E-state index contributed by atoms with van der Waals surface area (Å²) in [6.07, 6.45) is 0. The molecule has 0 aliphatic rings. The predicted molar refractivity (Wildman–Crippen MR) is 184 cm³/mol. The summed E-state index contributed by atoms with van der Waals surface area (Å²) in [4.78, 5) is 0. The third-order valence-electron chi connectivity index (χ3n) is 9.23. The lowest BCUT2D eigenvalue weighted by molar-refractivity contribution is 0.669. The highest BCUT2D eigenvalue weighted by atomic mass is 16.3. The maximum atomic E-state index is 6.54. The van der Waals surface area contributed by atoms with E-state index >= 15 is 0 Å². The van der Waals surface area contributed by atoms with Gasteiger partial charge in [0, 0.05) is 32.7 Å². The molecule has 0 spiro atoms. The van der Waals surface area contributed by atoms with Crippen LogP contribution < -0.4 is 0 Å². The fourth-order valence-electron chi connectivity index (χ4n) is 7.29. The Hall–Kier alpha value is -5.86. The van der Waals surface area contributed by atoms with E-state index in [1.165, 1.54) is 43.4 Å². The van der Waals surface area contributed by atoms with Crippen LogP contribution in [0.2, 0.25) is 0 Å². The van der Waals surface area contributed by atoms with Gasteiger partial charge in [0.05, 0.1) is 0 Å². The zero-order valence-electron chi connectivity index (χ0n) is 23.7. The standard InChI is InChI=1S/C42H24O2/c1-2-11-26-23-39-36(22-25(26)10-1)29-21-20-27(24-38(29)43-39)40-30-13-3-5-15-32(30)41(33-16-6-4-14-31(33)40)35-18-9-17-34-28-12-7-8-19-37(28)44-42(34)35/h1-24H. The Morgan fingerprint density at radius 2 is 0.886 bits per heavy atom. The van der Waals surface area contributed by atoms with Crippen molar-refractivity contribution in [1.82, 2.24) is 0 Å². The molecule has 0 unspecified atom stereocenters. The van der Waals surface area contributed by atoms with Gasteiger partial charge in [-0.25, -0.2) is 0 Å². The van der Waals surface area contributed by atoms with E-state index in [1.807, 2.05) is 6.07 Å². The van der Waals surface area contributed by atoms with Gasteiger partial charge in [-0.05, 0) is 73.8 Å². The van der Waals surface area contributed by atoms with Crippen molar-refractivity contribution in [3.8, 4) is 22.3 Å². The molecular weight excluding hydrogens is 536 g/mol. The first-order valence-corrected chi connectivity index (χ1v) is 15.0. The minimum absolute atomic E-state index is 0.900. The Bertz CT molecular complexity index is 2720. The average molecular weight is 561 g/mol. The summed E-state index contributed by atoms with van der Waals surface area (Å²) >= 11 is 0. The third-order valence-corrected chi connectivity index (χ3v) is 9.23. The first-order chi connectivity index (χ1) is 21.8. The summed E-state index contributed by atoms with van der Waals surface area (Å²) < 4.78 is 13.0. The van der Waals surface area contributed by atoms with Crippen LogP contribution in [0.25, 0.3) is 98.4 Å². The number of hydrogen-bond donors (Lipinski definition) is 0. The van der Waals surface area contributed by atoms with Crippen molar-refractivity contribution in [2.24, 2.45) is 0 Å². The van der Waals surface area contributed by atoms with Gasteiger partial charge in [-0.15, -0.1) is 0 Å². The normalized spacial score (nSPS) is 12.1. The van der Waals surface area contributed by atoms with Gasteiger partial charge in [0.2, 0.25) is 0 Å². The SMILES string of the molecule is c1ccc2cc3c(cc2c1)oc1cc(-c2c4ccccc4c(-c4cccc5c4oc4ccccc45)c4ccccc24)ccc13. The average Bonchev–Trinajstić information content (AvgIpc) is 3.63. The smallest absolute Gasteiger partial charge is 0.143 e. The van der Waals surface area contributed by atoms with Crippen molar-refractivity contribution >= 4 is 76.2 Å². The molecule has 0 aliphatic carbocycles. The zero-order valence-corrected chi connectivity index (χ0v) is 23.7. The van der Waals surface area contributed by atoms with Gasteiger partial charge < -0.3 is 8.83 Å². The molecule has 204 valence electrons. The van der Waals surface area contributed by atoms with E-state index in [4.69, 9.17) is 8.83 Å². The van der Waals surface area contributed by atoms with Gasteiger partial charge in [-0.3, -0.25) is 0 Å². The van der Waals surface area contributed by atoms with Crippen molar-refractivity contribution < 1.29 is 8.83 Å². The zero-order chi connectivity index (χ0) is 28.8.